The Balaban J connectivity index is 2.01. The molecule has 142 valence electrons. The zero-order valence-electron chi connectivity index (χ0n) is 15.7. The summed E-state index contributed by atoms with van der Waals surface area (Å²) in [6, 6.07) is 13.6. The lowest BCUT2D eigenvalue weighted by molar-refractivity contribution is 0.0600. The van der Waals surface area contributed by atoms with E-state index in [4.69, 9.17) is 10.5 Å². The second-order valence-corrected chi connectivity index (χ2v) is 6.11. The maximum atomic E-state index is 12.4. The van der Waals surface area contributed by atoms with Gasteiger partial charge in [-0.1, -0.05) is 31.9 Å². The van der Waals surface area contributed by atoms with Crippen molar-refractivity contribution < 1.29 is 19.1 Å². The number of benzene rings is 2. The third kappa shape index (κ3) is 5.99. The van der Waals surface area contributed by atoms with Crippen LogP contribution >= 0.6 is 0 Å². The van der Waals surface area contributed by atoms with Gasteiger partial charge < -0.3 is 15.2 Å². The number of allylic oxidation sites excluding steroid dienone is 1. The lowest BCUT2D eigenvalue weighted by Gasteiger charge is -2.06. The van der Waals surface area contributed by atoms with E-state index < -0.39 is 5.97 Å². The van der Waals surface area contributed by atoms with Gasteiger partial charge in [0.1, 0.15) is 5.75 Å². The number of unbranched alkanes of at least 4 members (excludes halogenated alkanes) is 2. The quantitative estimate of drug-likeness (QED) is 0.311. The van der Waals surface area contributed by atoms with Crippen molar-refractivity contribution in [1.29, 1.82) is 0 Å². The number of esters is 1. The van der Waals surface area contributed by atoms with E-state index in [0.29, 0.717) is 29.0 Å². The number of rotatable bonds is 9. The normalized spacial score (nSPS) is 11.1. The van der Waals surface area contributed by atoms with E-state index in [1.54, 1.807) is 48.5 Å². The van der Waals surface area contributed by atoms with Gasteiger partial charge in [-0.2, -0.15) is 0 Å². The summed E-state index contributed by atoms with van der Waals surface area (Å²) in [4.78, 5) is 23.8. The van der Waals surface area contributed by atoms with Crippen LogP contribution in [0.15, 0.2) is 54.6 Å². The molecule has 0 bridgehead atoms. The largest absolute Gasteiger partial charge is 0.494 e. The Morgan fingerprint density at radius 3 is 2.11 bits per heavy atom. The number of ether oxygens (including phenoxy) is 2. The minimum Gasteiger partial charge on any atom is -0.494 e. The Hall–Kier alpha value is -3.08. The number of hydrogen-bond acceptors (Lipinski definition) is 5. The molecule has 0 amide bonds. The van der Waals surface area contributed by atoms with E-state index in [-0.39, 0.29) is 5.78 Å². The smallest absolute Gasteiger partial charge is 0.337 e. The summed E-state index contributed by atoms with van der Waals surface area (Å²) in [6.45, 7) is 2.82. The number of carbonyl (C=O) groups is 2. The molecule has 0 aliphatic carbocycles. The van der Waals surface area contributed by atoms with E-state index in [9.17, 15) is 9.59 Å². The topological polar surface area (TPSA) is 78.6 Å². The Bertz CT molecular complexity index is 792. The first-order valence-electron chi connectivity index (χ1n) is 8.98. The van der Waals surface area contributed by atoms with Crippen LogP contribution < -0.4 is 10.5 Å². The van der Waals surface area contributed by atoms with E-state index in [1.807, 2.05) is 0 Å². The molecular formula is C22H25NO4. The Kier molecular flexibility index (Phi) is 7.62. The zero-order chi connectivity index (χ0) is 19.6. The first-order valence-corrected chi connectivity index (χ1v) is 8.98. The summed E-state index contributed by atoms with van der Waals surface area (Å²) in [6.07, 6.45) is 4.69. The molecule has 0 heterocycles. The highest BCUT2D eigenvalue weighted by Crippen LogP contribution is 2.16. The first-order chi connectivity index (χ1) is 13.0. The summed E-state index contributed by atoms with van der Waals surface area (Å²) in [5.41, 5.74) is 7.96. The highest BCUT2D eigenvalue weighted by atomic mass is 16.5. The van der Waals surface area contributed by atoms with Crippen molar-refractivity contribution in [2.75, 3.05) is 13.7 Å². The monoisotopic (exact) mass is 367 g/mol. The first kappa shape index (κ1) is 20.2. The second-order valence-electron chi connectivity index (χ2n) is 6.11. The van der Waals surface area contributed by atoms with Gasteiger partial charge in [0.25, 0.3) is 0 Å². The number of methoxy groups -OCH3 is 1. The summed E-state index contributed by atoms with van der Waals surface area (Å²) < 4.78 is 10.3. The summed E-state index contributed by atoms with van der Waals surface area (Å²) in [5, 5.41) is 0. The lowest BCUT2D eigenvalue weighted by atomic mass is 10.1. The Labute approximate surface area is 159 Å². The highest BCUT2D eigenvalue weighted by molar-refractivity contribution is 6.08. The van der Waals surface area contributed by atoms with Crippen molar-refractivity contribution >= 4 is 17.4 Å². The van der Waals surface area contributed by atoms with Gasteiger partial charge in [0.2, 0.25) is 0 Å². The van der Waals surface area contributed by atoms with Crippen LogP contribution in [0.1, 0.15) is 52.5 Å². The third-order valence-electron chi connectivity index (χ3n) is 4.08. The van der Waals surface area contributed by atoms with Crippen LogP contribution in [0.25, 0.3) is 5.70 Å². The van der Waals surface area contributed by atoms with Crippen molar-refractivity contribution in [3.63, 3.8) is 0 Å². The van der Waals surface area contributed by atoms with Crippen LogP contribution in [-0.4, -0.2) is 25.5 Å². The van der Waals surface area contributed by atoms with Crippen molar-refractivity contribution in [2.45, 2.75) is 26.2 Å². The molecule has 27 heavy (non-hydrogen) atoms. The van der Waals surface area contributed by atoms with Gasteiger partial charge in [-0.3, -0.25) is 4.79 Å². The Morgan fingerprint density at radius 2 is 1.52 bits per heavy atom. The molecule has 2 aromatic rings. The fraction of sp³-hybridized carbons (Fsp3) is 0.273. The molecular weight excluding hydrogens is 342 g/mol. The van der Waals surface area contributed by atoms with Crippen LogP contribution in [0.2, 0.25) is 0 Å². The standard InChI is InChI=1S/C22H25NO4/c1-3-4-5-14-27-19-12-10-17(11-13-19)21(24)15-20(23)16-6-8-18(9-7-16)22(25)26-2/h6-13,15H,3-5,14,23H2,1-2H3. The van der Waals surface area contributed by atoms with Gasteiger partial charge in [0, 0.05) is 17.3 Å². The molecule has 0 saturated carbocycles. The zero-order valence-corrected chi connectivity index (χ0v) is 15.7. The number of hydrogen-bond donors (Lipinski definition) is 1. The molecule has 0 atom stereocenters. The van der Waals surface area contributed by atoms with Crippen LogP contribution in [0.5, 0.6) is 5.75 Å². The van der Waals surface area contributed by atoms with Crippen molar-refractivity contribution in [1.82, 2.24) is 0 Å². The molecule has 5 heteroatoms. The maximum absolute atomic E-state index is 12.4. The Morgan fingerprint density at radius 1 is 0.926 bits per heavy atom. The average Bonchev–Trinajstić information content (AvgIpc) is 2.71. The van der Waals surface area contributed by atoms with Crippen LogP contribution in [-0.2, 0) is 4.74 Å². The average molecular weight is 367 g/mol. The van der Waals surface area contributed by atoms with E-state index in [2.05, 4.69) is 11.7 Å². The molecule has 0 aliphatic rings. The van der Waals surface area contributed by atoms with Crippen molar-refractivity contribution in [3.05, 3.63) is 71.3 Å². The summed E-state index contributed by atoms with van der Waals surface area (Å²) in [7, 11) is 1.32. The molecule has 0 fully saturated rings. The minimum absolute atomic E-state index is 0.193. The van der Waals surface area contributed by atoms with Crippen LogP contribution in [0.3, 0.4) is 0 Å². The maximum Gasteiger partial charge on any atom is 0.337 e. The predicted octanol–water partition coefficient (Wildman–Crippen LogP) is 4.22. The van der Waals surface area contributed by atoms with Gasteiger partial charge in [0.05, 0.1) is 19.3 Å². The molecule has 5 nitrogen and oxygen atoms in total. The van der Waals surface area contributed by atoms with E-state index in [0.717, 1.165) is 25.0 Å². The molecule has 0 saturated heterocycles. The summed E-state index contributed by atoms with van der Waals surface area (Å²) >= 11 is 0. The molecule has 0 aromatic heterocycles. The fourth-order valence-electron chi connectivity index (χ4n) is 2.48. The number of nitrogens with two attached hydrogens (primary N) is 1. The van der Waals surface area contributed by atoms with Gasteiger partial charge >= 0.3 is 5.97 Å². The van der Waals surface area contributed by atoms with Gasteiger partial charge in [-0.25, -0.2) is 4.79 Å². The van der Waals surface area contributed by atoms with Crippen molar-refractivity contribution in [3.8, 4) is 5.75 Å². The van der Waals surface area contributed by atoms with Gasteiger partial charge in [0.15, 0.2) is 5.78 Å². The van der Waals surface area contributed by atoms with Gasteiger partial charge in [-0.05, 0) is 48.4 Å². The molecule has 0 aliphatic heterocycles. The van der Waals surface area contributed by atoms with Crippen molar-refractivity contribution in [2.24, 2.45) is 5.73 Å². The molecule has 0 unspecified atom stereocenters. The molecule has 2 rings (SSSR count). The predicted molar refractivity (Wildman–Crippen MR) is 106 cm³/mol. The highest BCUT2D eigenvalue weighted by Gasteiger charge is 2.08. The lowest BCUT2D eigenvalue weighted by Crippen LogP contribution is -2.04. The third-order valence-corrected chi connectivity index (χ3v) is 4.08. The molecule has 0 spiro atoms. The fourth-order valence-corrected chi connectivity index (χ4v) is 2.48. The van der Waals surface area contributed by atoms with Gasteiger partial charge in [-0.15, -0.1) is 0 Å². The molecule has 0 radical (unpaired) electrons. The minimum atomic E-state index is -0.419. The number of carbonyl (C=O) groups excluding carboxylic acids is 2. The molecule has 2 N–H and O–H groups in total. The SMILES string of the molecule is CCCCCOc1ccc(C(=O)C=C(N)c2ccc(C(=O)OC)cc2)cc1. The van der Waals surface area contributed by atoms with E-state index in [1.165, 1.54) is 13.2 Å². The molecule has 2 aromatic carbocycles. The summed E-state index contributed by atoms with van der Waals surface area (Å²) in [5.74, 6) is 0.136. The van der Waals surface area contributed by atoms with Crippen LogP contribution in [0, 0.1) is 0 Å². The van der Waals surface area contributed by atoms with E-state index >= 15 is 0 Å². The van der Waals surface area contributed by atoms with Crippen LogP contribution in [0.4, 0.5) is 0 Å². The number of ketones is 1. The second kappa shape index (κ2) is 10.2.